The van der Waals surface area contributed by atoms with E-state index >= 15 is 0 Å². The van der Waals surface area contributed by atoms with Crippen LogP contribution in [0, 0.1) is 5.82 Å². The van der Waals surface area contributed by atoms with Crippen molar-refractivity contribution in [1.82, 2.24) is 4.72 Å². The van der Waals surface area contributed by atoms with Crippen LogP contribution in [0.2, 0.25) is 0 Å². The van der Waals surface area contributed by atoms with Crippen molar-refractivity contribution in [3.05, 3.63) is 58.8 Å². The van der Waals surface area contributed by atoms with Gasteiger partial charge in [-0.25, -0.2) is 12.8 Å². The van der Waals surface area contributed by atoms with E-state index < -0.39 is 27.8 Å². The molecule has 0 heterocycles. The van der Waals surface area contributed by atoms with Gasteiger partial charge < -0.3 is 5.32 Å². The first-order valence-electron chi connectivity index (χ1n) is 6.62. The Bertz CT molecular complexity index is 792. The van der Waals surface area contributed by atoms with Crippen molar-refractivity contribution in [3.63, 3.8) is 0 Å². The minimum Gasteiger partial charge on any atom is -0.325 e. The van der Waals surface area contributed by atoms with Gasteiger partial charge in [-0.15, -0.1) is 0 Å². The fourth-order valence-corrected chi connectivity index (χ4v) is 3.22. The topological polar surface area (TPSA) is 75.3 Å². The van der Waals surface area contributed by atoms with E-state index in [9.17, 15) is 17.6 Å². The van der Waals surface area contributed by atoms with E-state index in [0.717, 1.165) is 28.7 Å². The molecule has 8 heteroatoms. The molecule has 0 saturated carbocycles. The first kappa shape index (κ1) is 17.6. The van der Waals surface area contributed by atoms with E-state index in [4.69, 9.17) is 0 Å². The molecule has 2 N–H and O–H groups in total. The molecule has 0 aliphatic heterocycles. The fourth-order valence-electron chi connectivity index (χ4n) is 1.75. The first-order valence-corrected chi connectivity index (χ1v) is 8.90. The third kappa shape index (κ3) is 4.85. The van der Waals surface area contributed by atoms with Crippen LogP contribution < -0.4 is 10.0 Å². The molecule has 122 valence electrons. The number of rotatable bonds is 5. The van der Waals surface area contributed by atoms with Crippen LogP contribution in [0.3, 0.4) is 0 Å². The Kier molecular flexibility index (Phi) is 5.51. The van der Waals surface area contributed by atoms with Crippen molar-refractivity contribution in [2.75, 3.05) is 5.32 Å². The number of carbonyl (C=O) groups excluding carboxylic acids is 1. The number of carbonyl (C=O) groups is 1. The molecule has 2 aromatic carbocycles. The Balaban J connectivity index is 2.05. The van der Waals surface area contributed by atoms with Crippen LogP contribution in [0.15, 0.2) is 57.9 Å². The second-order valence-electron chi connectivity index (χ2n) is 4.79. The normalized spacial score (nSPS) is 12.7. The second-order valence-corrected chi connectivity index (χ2v) is 7.42. The minimum absolute atomic E-state index is 0.109. The van der Waals surface area contributed by atoms with Crippen molar-refractivity contribution in [2.24, 2.45) is 0 Å². The van der Waals surface area contributed by atoms with Gasteiger partial charge in [-0.2, -0.15) is 4.72 Å². The largest absolute Gasteiger partial charge is 0.325 e. The van der Waals surface area contributed by atoms with Crippen LogP contribution in [-0.2, 0) is 14.8 Å². The Hall–Kier alpha value is -1.77. The first-order chi connectivity index (χ1) is 10.8. The summed E-state index contributed by atoms with van der Waals surface area (Å²) in [5, 5.41) is 2.61. The Morgan fingerprint density at radius 1 is 1.09 bits per heavy atom. The van der Waals surface area contributed by atoms with E-state index in [2.05, 4.69) is 26.0 Å². The van der Waals surface area contributed by atoms with Crippen LogP contribution >= 0.6 is 15.9 Å². The van der Waals surface area contributed by atoms with Crippen molar-refractivity contribution in [3.8, 4) is 0 Å². The van der Waals surface area contributed by atoms with E-state index in [0.29, 0.717) is 5.69 Å². The lowest BCUT2D eigenvalue weighted by atomic mass is 10.3. The summed E-state index contributed by atoms with van der Waals surface area (Å²) in [6.45, 7) is 1.43. The molecule has 0 fully saturated rings. The third-order valence-corrected chi connectivity index (χ3v) is 5.05. The molecule has 0 radical (unpaired) electrons. The van der Waals surface area contributed by atoms with Gasteiger partial charge in [0.2, 0.25) is 15.9 Å². The van der Waals surface area contributed by atoms with E-state index in [-0.39, 0.29) is 4.90 Å². The maximum atomic E-state index is 12.9. The van der Waals surface area contributed by atoms with Gasteiger partial charge >= 0.3 is 0 Å². The zero-order valence-corrected chi connectivity index (χ0v) is 14.5. The molecule has 0 bridgehead atoms. The summed E-state index contributed by atoms with van der Waals surface area (Å²) in [6.07, 6.45) is 0. The average Bonchev–Trinajstić information content (AvgIpc) is 2.49. The zero-order chi connectivity index (χ0) is 17.0. The summed E-state index contributed by atoms with van der Waals surface area (Å²) in [6, 6.07) is 10.2. The Morgan fingerprint density at radius 2 is 1.65 bits per heavy atom. The molecule has 0 aromatic heterocycles. The minimum atomic E-state index is -3.91. The van der Waals surface area contributed by atoms with Gasteiger partial charge in [0.25, 0.3) is 0 Å². The van der Waals surface area contributed by atoms with Gasteiger partial charge in [-0.3, -0.25) is 4.79 Å². The molecule has 5 nitrogen and oxygen atoms in total. The molecule has 2 rings (SSSR count). The highest BCUT2D eigenvalue weighted by atomic mass is 79.9. The van der Waals surface area contributed by atoms with Crippen molar-refractivity contribution < 1.29 is 17.6 Å². The maximum Gasteiger partial charge on any atom is 0.242 e. The molecular weight excluding hydrogens is 387 g/mol. The number of hydrogen-bond acceptors (Lipinski definition) is 3. The summed E-state index contributed by atoms with van der Waals surface area (Å²) >= 11 is 3.28. The molecule has 1 atom stereocenters. The highest BCUT2D eigenvalue weighted by molar-refractivity contribution is 9.10. The fraction of sp³-hybridized carbons (Fsp3) is 0.133. The summed E-state index contributed by atoms with van der Waals surface area (Å²) in [4.78, 5) is 11.9. The Morgan fingerprint density at radius 3 is 2.22 bits per heavy atom. The van der Waals surface area contributed by atoms with Gasteiger partial charge in [0.05, 0.1) is 10.9 Å². The van der Waals surface area contributed by atoms with Crippen molar-refractivity contribution in [2.45, 2.75) is 17.9 Å². The van der Waals surface area contributed by atoms with Crippen LogP contribution in [-0.4, -0.2) is 20.4 Å². The average molecular weight is 401 g/mol. The van der Waals surface area contributed by atoms with Crippen molar-refractivity contribution >= 4 is 37.5 Å². The zero-order valence-electron chi connectivity index (χ0n) is 12.1. The number of anilines is 1. The quantitative estimate of drug-likeness (QED) is 0.809. The SMILES string of the molecule is CC(NS(=O)(=O)c1ccc(F)cc1)C(=O)Nc1ccc(Br)cc1. The smallest absolute Gasteiger partial charge is 0.242 e. The molecule has 23 heavy (non-hydrogen) atoms. The van der Waals surface area contributed by atoms with E-state index in [1.807, 2.05) is 0 Å². The monoisotopic (exact) mass is 400 g/mol. The lowest BCUT2D eigenvalue weighted by molar-refractivity contribution is -0.117. The summed E-state index contributed by atoms with van der Waals surface area (Å²) in [5.74, 6) is -1.04. The predicted octanol–water partition coefficient (Wildman–Crippen LogP) is 2.89. The third-order valence-electron chi connectivity index (χ3n) is 2.96. The Labute approximate surface area is 142 Å². The van der Waals surface area contributed by atoms with E-state index in [1.54, 1.807) is 24.3 Å². The predicted molar refractivity (Wildman–Crippen MR) is 89.0 cm³/mol. The lowest BCUT2D eigenvalue weighted by Gasteiger charge is -2.14. The molecule has 0 aliphatic rings. The number of hydrogen-bond donors (Lipinski definition) is 2. The molecule has 1 amide bonds. The van der Waals surface area contributed by atoms with Gasteiger partial charge in [0.15, 0.2) is 0 Å². The van der Waals surface area contributed by atoms with Gasteiger partial charge in [-0.05, 0) is 55.5 Å². The molecule has 0 saturated heterocycles. The number of sulfonamides is 1. The molecule has 2 aromatic rings. The van der Waals surface area contributed by atoms with Crippen LogP contribution in [0.1, 0.15) is 6.92 Å². The maximum absolute atomic E-state index is 12.9. The highest BCUT2D eigenvalue weighted by Gasteiger charge is 2.22. The lowest BCUT2D eigenvalue weighted by Crippen LogP contribution is -2.41. The summed E-state index contributed by atoms with van der Waals surface area (Å²) in [5.41, 5.74) is 0.547. The molecule has 0 spiro atoms. The number of nitrogens with one attached hydrogen (secondary N) is 2. The number of benzene rings is 2. The van der Waals surface area contributed by atoms with Crippen LogP contribution in [0.4, 0.5) is 10.1 Å². The van der Waals surface area contributed by atoms with E-state index in [1.165, 1.54) is 6.92 Å². The van der Waals surface area contributed by atoms with Crippen LogP contribution in [0.5, 0.6) is 0 Å². The van der Waals surface area contributed by atoms with Crippen molar-refractivity contribution in [1.29, 1.82) is 0 Å². The number of amides is 1. The molecular formula is C15H14BrFN2O3S. The number of halogens is 2. The molecule has 0 aliphatic carbocycles. The highest BCUT2D eigenvalue weighted by Crippen LogP contribution is 2.15. The standard InChI is InChI=1S/C15H14BrFN2O3S/c1-10(15(20)18-13-6-2-11(16)3-7-13)19-23(21,22)14-8-4-12(17)5-9-14/h2-10,19H,1H3,(H,18,20). The van der Waals surface area contributed by atoms with Gasteiger partial charge in [0.1, 0.15) is 5.82 Å². The second kappa shape index (κ2) is 7.20. The molecule has 1 unspecified atom stereocenters. The summed E-state index contributed by atoms with van der Waals surface area (Å²) < 4.78 is 40.2. The van der Waals surface area contributed by atoms with Crippen LogP contribution in [0.25, 0.3) is 0 Å². The summed E-state index contributed by atoms with van der Waals surface area (Å²) in [7, 11) is -3.91. The van der Waals surface area contributed by atoms with Gasteiger partial charge in [-0.1, -0.05) is 15.9 Å². The van der Waals surface area contributed by atoms with Gasteiger partial charge in [0, 0.05) is 10.2 Å².